The van der Waals surface area contributed by atoms with Gasteiger partial charge in [-0.05, 0) is 37.7 Å². The van der Waals surface area contributed by atoms with Gasteiger partial charge in [0.05, 0.1) is 0 Å². The van der Waals surface area contributed by atoms with E-state index in [-0.39, 0.29) is 24.0 Å². The average Bonchev–Trinajstić information content (AvgIpc) is 2.92. The molecule has 1 aliphatic carbocycles. The summed E-state index contributed by atoms with van der Waals surface area (Å²) in [5, 5.41) is 8.64. The fraction of sp³-hybridized carbons (Fsp3) is 0.762. The molecule has 0 heterocycles. The molecule has 4 nitrogen and oxygen atoms in total. The molecule has 0 bridgehead atoms. The monoisotopic (exact) mass is 350 g/mol. The van der Waals surface area contributed by atoms with E-state index in [9.17, 15) is 14.4 Å². The minimum atomic E-state index is -0.758. The van der Waals surface area contributed by atoms with Crippen LogP contribution in [0.25, 0.3) is 0 Å². The Kier molecular flexibility index (Phi) is 11.1. The summed E-state index contributed by atoms with van der Waals surface area (Å²) in [4.78, 5) is 34.5. The summed E-state index contributed by atoms with van der Waals surface area (Å²) in [5.74, 6) is -0.0589. The SMILES string of the molecule is CCCCCCCC(=O)/C=C/C1CCC(=O)C1CCCCCC(=O)O. The van der Waals surface area contributed by atoms with Gasteiger partial charge in [-0.15, -0.1) is 0 Å². The minimum absolute atomic E-state index is 0.0263. The molecule has 0 amide bonds. The normalized spacial score (nSPS) is 20.4. The van der Waals surface area contributed by atoms with Crippen LogP contribution in [0.4, 0.5) is 0 Å². The number of hydrogen-bond acceptors (Lipinski definition) is 3. The lowest BCUT2D eigenvalue weighted by Gasteiger charge is -2.14. The topological polar surface area (TPSA) is 71.4 Å². The van der Waals surface area contributed by atoms with Crippen LogP contribution in [0, 0.1) is 11.8 Å². The van der Waals surface area contributed by atoms with Crippen LogP contribution in [0.3, 0.4) is 0 Å². The molecule has 4 heteroatoms. The molecule has 0 saturated heterocycles. The van der Waals surface area contributed by atoms with Crippen LogP contribution >= 0.6 is 0 Å². The summed E-state index contributed by atoms with van der Waals surface area (Å²) >= 11 is 0. The standard InChI is InChI=1S/C21H34O4/c1-2-3-4-5-7-10-18(22)15-13-17-14-16-20(23)19(17)11-8-6-9-12-21(24)25/h13,15,17,19H,2-12,14,16H2,1H3,(H,24,25)/b15-13+. The molecule has 0 spiro atoms. The Balaban J connectivity index is 2.28. The fourth-order valence-electron chi connectivity index (χ4n) is 3.57. The van der Waals surface area contributed by atoms with Gasteiger partial charge in [0, 0.05) is 25.2 Å². The highest BCUT2D eigenvalue weighted by Gasteiger charge is 2.32. The highest BCUT2D eigenvalue weighted by Crippen LogP contribution is 2.33. The molecule has 25 heavy (non-hydrogen) atoms. The summed E-state index contributed by atoms with van der Waals surface area (Å²) in [6, 6.07) is 0. The number of ketones is 2. The summed E-state index contributed by atoms with van der Waals surface area (Å²) in [6.07, 6.45) is 14.9. The Bertz CT molecular complexity index is 453. The van der Waals surface area contributed by atoms with Gasteiger partial charge in [-0.25, -0.2) is 0 Å². The van der Waals surface area contributed by atoms with Crippen molar-refractivity contribution in [2.24, 2.45) is 11.8 Å². The van der Waals surface area contributed by atoms with E-state index in [4.69, 9.17) is 5.11 Å². The summed E-state index contributed by atoms with van der Waals surface area (Å²) in [6.45, 7) is 2.18. The number of hydrogen-bond donors (Lipinski definition) is 1. The van der Waals surface area contributed by atoms with Crippen LogP contribution in [-0.4, -0.2) is 22.6 Å². The fourth-order valence-corrected chi connectivity index (χ4v) is 3.57. The van der Waals surface area contributed by atoms with Crippen molar-refractivity contribution in [1.82, 2.24) is 0 Å². The molecule has 1 saturated carbocycles. The number of carboxylic acid groups (broad SMARTS) is 1. The van der Waals surface area contributed by atoms with E-state index in [1.807, 2.05) is 6.08 Å². The third-order valence-corrected chi connectivity index (χ3v) is 5.12. The Hall–Kier alpha value is -1.45. The van der Waals surface area contributed by atoms with Crippen molar-refractivity contribution in [3.63, 3.8) is 0 Å². The molecule has 0 aromatic rings. The number of Topliss-reactive ketones (excluding diaryl/α,β-unsaturated/α-hetero) is 1. The van der Waals surface area contributed by atoms with Crippen molar-refractivity contribution in [1.29, 1.82) is 0 Å². The maximum atomic E-state index is 12.1. The number of carbonyl (C=O) groups excluding carboxylic acids is 2. The van der Waals surface area contributed by atoms with Gasteiger partial charge in [0.15, 0.2) is 5.78 Å². The van der Waals surface area contributed by atoms with Crippen LogP contribution in [0.1, 0.15) is 90.4 Å². The van der Waals surface area contributed by atoms with E-state index in [1.165, 1.54) is 19.3 Å². The molecular weight excluding hydrogens is 316 g/mol. The molecule has 0 radical (unpaired) electrons. The maximum Gasteiger partial charge on any atom is 0.303 e. The Morgan fingerprint density at radius 3 is 2.44 bits per heavy atom. The molecule has 1 aliphatic rings. The lowest BCUT2D eigenvalue weighted by Crippen LogP contribution is -2.13. The average molecular weight is 350 g/mol. The number of carboxylic acids is 1. The van der Waals surface area contributed by atoms with Crippen LogP contribution in [0.2, 0.25) is 0 Å². The number of unbranched alkanes of at least 4 members (excludes halogenated alkanes) is 6. The van der Waals surface area contributed by atoms with Crippen molar-refractivity contribution in [2.45, 2.75) is 90.4 Å². The summed E-state index contributed by atoms with van der Waals surface area (Å²) < 4.78 is 0. The zero-order valence-electron chi connectivity index (χ0n) is 15.7. The van der Waals surface area contributed by atoms with Gasteiger partial charge < -0.3 is 5.11 Å². The third-order valence-electron chi connectivity index (χ3n) is 5.12. The quantitative estimate of drug-likeness (QED) is 0.349. The number of allylic oxidation sites excluding steroid dienone is 2. The maximum absolute atomic E-state index is 12.1. The smallest absolute Gasteiger partial charge is 0.303 e. The van der Waals surface area contributed by atoms with E-state index in [0.29, 0.717) is 25.0 Å². The first kappa shape index (κ1) is 21.6. The predicted octanol–water partition coefficient (Wildman–Crippen LogP) is 5.10. The molecule has 0 aromatic heterocycles. The zero-order valence-corrected chi connectivity index (χ0v) is 15.7. The highest BCUT2D eigenvalue weighted by atomic mass is 16.4. The van der Waals surface area contributed by atoms with Crippen molar-refractivity contribution in [3.05, 3.63) is 12.2 Å². The first-order valence-electron chi connectivity index (χ1n) is 10.00. The van der Waals surface area contributed by atoms with Gasteiger partial charge in [-0.3, -0.25) is 14.4 Å². The lowest BCUT2D eigenvalue weighted by molar-refractivity contribution is -0.137. The molecule has 1 rings (SSSR count). The lowest BCUT2D eigenvalue weighted by atomic mass is 9.89. The molecule has 0 aromatic carbocycles. The van der Waals surface area contributed by atoms with Gasteiger partial charge >= 0.3 is 5.97 Å². The van der Waals surface area contributed by atoms with Crippen molar-refractivity contribution in [3.8, 4) is 0 Å². The minimum Gasteiger partial charge on any atom is -0.481 e. The molecular formula is C21H34O4. The number of rotatable bonds is 14. The van der Waals surface area contributed by atoms with Gasteiger partial charge in [0.1, 0.15) is 5.78 Å². The van der Waals surface area contributed by atoms with Crippen molar-refractivity contribution in [2.75, 3.05) is 0 Å². The van der Waals surface area contributed by atoms with Crippen LogP contribution in [0.15, 0.2) is 12.2 Å². The summed E-state index contributed by atoms with van der Waals surface area (Å²) in [5.41, 5.74) is 0. The van der Waals surface area contributed by atoms with E-state index in [0.717, 1.165) is 38.5 Å². The van der Waals surface area contributed by atoms with E-state index in [2.05, 4.69) is 6.92 Å². The zero-order chi connectivity index (χ0) is 18.5. The van der Waals surface area contributed by atoms with Gasteiger partial charge in [0.25, 0.3) is 0 Å². The first-order chi connectivity index (χ1) is 12.0. The molecule has 2 unspecified atom stereocenters. The molecule has 1 fully saturated rings. The molecule has 2 atom stereocenters. The molecule has 1 N–H and O–H groups in total. The van der Waals surface area contributed by atoms with E-state index in [1.54, 1.807) is 6.08 Å². The molecule has 0 aliphatic heterocycles. The molecule has 142 valence electrons. The van der Waals surface area contributed by atoms with Gasteiger partial charge in [0.2, 0.25) is 0 Å². The Morgan fingerprint density at radius 1 is 1.04 bits per heavy atom. The van der Waals surface area contributed by atoms with Gasteiger partial charge in [-0.1, -0.05) is 51.5 Å². The number of aliphatic carboxylic acids is 1. The highest BCUT2D eigenvalue weighted by molar-refractivity contribution is 5.90. The Labute approximate surface area is 152 Å². The van der Waals surface area contributed by atoms with Crippen LogP contribution < -0.4 is 0 Å². The van der Waals surface area contributed by atoms with Gasteiger partial charge in [-0.2, -0.15) is 0 Å². The largest absolute Gasteiger partial charge is 0.481 e. The van der Waals surface area contributed by atoms with E-state index >= 15 is 0 Å². The predicted molar refractivity (Wildman–Crippen MR) is 99.5 cm³/mol. The van der Waals surface area contributed by atoms with Crippen molar-refractivity contribution >= 4 is 17.5 Å². The second-order valence-electron chi connectivity index (χ2n) is 7.26. The van der Waals surface area contributed by atoms with Crippen LogP contribution in [-0.2, 0) is 14.4 Å². The third kappa shape index (κ3) is 9.57. The second-order valence-corrected chi connectivity index (χ2v) is 7.26. The van der Waals surface area contributed by atoms with E-state index < -0.39 is 5.97 Å². The summed E-state index contributed by atoms with van der Waals surface area (Å²) in [7, 11) is 0. The second kappa shape index (κ2) is 12.8. The first-order valence-corrected chi connectivity index (χ1v) is 10.00. The van der Waals surface area contributed by atoms with Crippen LogP contribution in [0.5, 0.6) is 0 Å². The Morgan fingerprint density at radius 2 is 1.72 bits per heavy atom. The van der Waals surface area contributed by atoms with Crippen molar-refractivity contribution < 1.29 is 19.5 Å². The number of carbonyl (C=O) groups is 3.